The number of ether oxygens (including phenoxy) is 2. The minimum absolute atomic E-state index is 0.111. The van der Waals surface area contributed by atoms with Gasteiger partial charge >= 0.3 is 11.9 Å². The average Bonchev–Trinajstić information content (AvgIpc) is 3.97. The second-order valence-corrected chi connectivity index (χ2v) is 15.0. The van der Waals surface area contributed by atoms with Gasteiger partial charge in [-0.3, -0.25) is 24.1 Å². The van der Waals surface area contributed by atoms with Gasteiger partial charge in [0.2, 0.25) is 5.91 Å². The summed E-state index contributed by atoms with van der Waals surface area (Å²) in [5.41, 5.74) is 6.29. The van der Waals surface area contributed by atoms with E-state index in [1.54, 1.807) is 25.2 Å². The molecule has 1 saturated carbocycles. The molecular weight excluding hydrogens is 705 g/mol. The van der Waals surface area contributed by atoms with Crippen LogP contribution < -0.4 is 10.6 Å². The number of carbonyl (C=O) groups excluding carboxylic acids is 5. The van der Waals surface area contributed by atoms with Crippen molar-refractivity contribution in [3.8, 4) is 0 Å². The number of thiophene rings is 1. The van der Waals surface area contributed by atoms with Gasteiger partial charge in [0.25, 0.3) is 11.8 Å². The fourth-order valence-corrected chi connectivity index (χ4v) is 7.95. The molecule has 2 aliphatic rings. The first-order valence-corrected chi connectivity index (χ1v) is 19.1. The van der Waals surface area contributed by atoms with Gasteiger partial charge in [0.1, 0.15) is 11.5 Å². The number of esters is 2. The highest BCUT2D eigenvalue weighted by Gasteiger charge is 2.32. The number of hydrogen-bond donors (Lipinski definition) is 2. The van der Waals surface area contributed by atoms with Crippen LogP contribution in [0.5, 0.6) is 0 Å². The lowest BCUT2D eigenvalue weighted by Gasteiger charge is -2.24. The van der Waals surface area contributed by atoms with E-state index in [-0.39, 0.29) is 42.8 Å². The van der Waals surface area contributed by atoms with Crippen molar-refractivity contribution in [2.45, 2.75) is 64.0 Å². The molecule has 0 aliphatic heterocycles. The number of anilines is 2. The third-order valence-corrected chi connectivity index (χ3v) is 11.1. The zero-order valence-electron chi connectivity index (χ0n) is 30.9. The van der Waals surface area contributed by atoms with Crippen LogP contribution >= 0.6 is 11.3 Å². The zero-order chi connectivity index (χ0) is 38.2. The molecule has 1 aromatic heterocycles. The highest BCUT2D eigenvalue weighted by Crippen LogP contribution is 2.39. The van der Waals surface area contributed by atoms with Crippen molar-refractivity contribution in [3.05, 3.63) is 117 Å². The molecule has 0 radical (unpaired) electrons. The van der Waals surface area contributed by atoms with Gasteiger partial charge in [-0.05, 0) is 110 Å². The number of fused-ring (bicyclic) bond motifs is 1. The Morgan fingerprint density at radius 3 is 2.11 bits per heavy atom. The summed E-state index contributed by atoms with van der Waals surface area (Å²) in [7, 11) is 4.25. The number of carbonyl (C=O) groups is 5. The Kier molecular flexibility index (Phi) is 12.6. The summed E-state index contributed by atoms with van der Waals surface area (Å²) >= 11 is 1.47. The van der Waals surface area contributed by atoms with Gasteiger partial charge in [-0.1, -0.05) is 36.4 Å². The van der Waals surface area contributed by atoms with Gasteiger partial charge in [0, 0.05) is 35.8 Å². The Labute approximate surface area is 319 Å². The SMILES string of the molecule is COC(=O)CN(C)C(=O)CN(Cc1cccc(C(=O)Nc2sc3c(c2C(=O)Nc2ccc(CCc4ccc(C(=O)OC)cc4)cc2)CCCC3)c1)C1CC1. The van der Waals surface area contributed by atoms with Crippen LogP contribution in [-0.4, -0.2) is 79.9 Å². The van der Waals surface area contributed by atoms with Crippen molar-refractivity contribution < 1.29 is 33.4 Å². The van der Waals surface area contributed by atoms with E-state index in [1.165, 1.54) is 30.5 Å². The predicted molar refractivity (Wildman–Crippen MR) is 208 cm³/mol. The number of hydrogen-bond acceptors (Lipinski definition) is 9. The normalized spacial score (nSPS) is 13.5. The van der Waals surface area contributed by atoms with E-state index in [2.05, 4.69) is 15.5 Å². The number of aryl methyl sites for hydroxylation is 3. The fourth-order valence-electron chi connectivity index (χ4n) is 6.67. The standard InChI is InChI=1S/C42H46N4O7S/c1-45(26-37(48)52-2)36(47)25-46(33-21-22-33)24-29-7-6-8-31(23-29)39(49)44-41-38(34-9-4-5-10-35(34)54-41)40(50)43-32-19-15-28(16-20-32)12-11-27-13-17-30(18-14-27)42(51)53-3/h6-8,13-20,23,33H,4-5,9-12,21-22,24-26H2,1-3H3,(H,43,50)(H,44,49). The average molecular weight is 751 g/mol. The largest absolute Gasteiger partial charge is 0.468 e. The minimum Gasteiger partial charge on any atom is -0.468 e. The van der Waals surface area contributed by atoms with Gasteiger partial charge < -0.3 is 25.0 Å². The quantitative estimate of drug-likeness (QED) is 0.135. The molecule has 0 saturated heterocycles. The molecule has 0 bridgehead atoms. The molecule has 2 N–H and O–H groups in total. The molecule has 0 unspecified atom stereocenters. The molecule has 3 amide bonds. The Balaban J connectivity index is 1.10. The van der Waals surface area contributed by atoms with Crippen molar-refractivity contribution in [1.82, 2.24) is 9.80 Å². The Hall–Kier alpha value is -5.33. The van der Waals surface area contributed by atoms with Crippen LogP contribution in [0.1, 0.15) is 83.9 Å². The van der Waals surface area contributed by atoms with Crippen molar-refractivity contribution in [2.75, 3.05) is 45.0 Å². The molecule has 54 heavy (non-hydrogen) atoms. The van der Waals surface area contributed by atoms with Crippen LogP contribution in [0.25, 0.3) is 0 Å². The summed E-state index contributed by atoms with van der Waals surface area (Å²) < 4.78 is 9.47. The molecule has 3 aromatic carbocycles. The number of benzene rings is 3. The maximum Gasteiger partial charge on any atom is 0.337 e. The van der Waals surface area contributed by atoms with E-state index in [1.807, 2.05) is 54.6 Å². The molecule has 4 aromatic rings. The molecule has 1 fully saturated rings. The summed E-state index contributed by atoms with van der Waals surface area (Å²) in [6, 6.07) is 22.8. The smallest absolute Gasteiger partial charge is 0.337 e. The van der Waals surface area contributed by atoms with Crippen molar-refractivity contribution in [3.63, 3.8) is 0 Å². The van der Waals surface area contributed by atoms with Gasteiger partial charge in [0.05, 0.1) is 31.9 Å². The Morgan fingerprint density at radius 1 is 0.759 bits per heavy atom. The van der Waals surface area contributed by atoms with Crippen LogP contribution in [-0.2, 0) is 51.3 Å². The van der Waals surface area contributed by atoms with Crippen molar-refractivity contribution in [2.24, 2.45) is 0 Å². The summed E-state index contributed by atoms with van der Waals surface area (Å²) in [5.74, 6) is -1.56. The van der Waals surface area contributed by atoms with E-state index in [9.17, 15) is 24.0 Å². The lowest BCUT2D eigenvalue weighted by atomic mass is 9.95. The highest BCUT2D eigenvalue weighted by molar-refractivity contribution is 7.17. The Morgan fingerprint density at radius 2 is 1.44 bits per heavy atom. The molecule has 282 valence electrons. The lowest BCUT2D eigenvalue weighted by molar-refractivity contribution is -0.146. The maximum atomic E-state index is 13.9. The fraction of sp³-hybridized carbons (Fsp3) is 0.357. The second-order valence-electron chi connectivity index (χ2n) is 13.9. The van der Waals surface area contributed by atoms with Crippen LogP contribution in [0.2, 0.25) is 0 Å². The molecule has 1 heterocycles. The number of nitrogens with one attached hydrogen (secondary N) is 2. The predicted octanol–water partition coefficient (Wildman–Crippen LogP) is 6.30. The third-order valence-electron chi connectivity index (χ3n) is 9.91. The number of nitrogens with zero attached hydrogens (tertiary/aromatic N) is 2. The van der Waals surface area contributed by atoms with Crippen LogP contribution in [0, 0.1) is 0 Å². The first kappa shape index (κ1) is 38.4. The molecular formula is C42H46N4O7S. The van der Waals surface area contributed by atoms with Crippen molar-refractivity contribution in [1.29, 1.82) is 0 Å². The Bertz CT molecular complexity index is 2000. The summed E-state index contributed by atoms with van der Waals surface area (Å²) in [6.07, 6.45) is 7.25. The minimum atomic E-state index is -0.473. The number of amides is 3. The van der Waals surface area contributed by atoms with Crippen LogP contribution in [0.3, 0.4) is 0 Å². The zero-order valence-corrected chi connectivity index (χ0v) is 31.8. The van der Waals surface area contributed by atoms with Crippen LogP contribution in [0.15, 0.2) is 72.8 Å². The summed E-state index contributed by atoms with van der Waals surface area (Å²) in [4.78, 5) is 68.5. The highest BCUT2D eigenvalue weighted by atomic mass is 32.1. The molecule has 0 spiro atoms. The molecule has 0 atom stereocenters. The van der Waals surface area contributed by atoms with E-state index >= 15 is 0 Å². The third kappa shape index (κ3) is 9.80. The molecule has 12 heteroatoms. The molecule has 2 aliphatic carbocycles. The van der Waals surface area contributed by atoms with E-state index in [4.69, 9.17) is 9.47 Å². The van der Waals surface area contributed by atoms with Gasteiger partial charge in [-0.2, -0.15) is 0 Å². The first-order chi connectivity index (χ1) is 26.1. The van der Waals surface area contributed by atoms with Gasteiger partial charge in [-0.25, -0.2) is 4.79 Å². The van der Waals surface area contributed by atoms with Gasteiger partial charge in [0.15, 0.2) is 0 Å². The lowest BCUT2D eigenvalue weighted by Crippen LogP contribution is -2.41. The van der Waals surface area contributed by atoms with Crippen LogP contribution in [0.4, 0.5) is 10.7 Å². The monoisotopic (exact) mass is 750 g/mol. The second kappa shape index (κ2) is 17.7. The van der Waals surface area contributed by atoms with Gasteiger partial charge in [-0.15, -0.1) is 11.3 Å². The molecule has 11 nitrogen and oxygen atoms in total. The summed E-state index contributed by atoms with van der Waals surface area (Å²) in [6.45, 7) is 0.526. The number of rotatable bonds is 15. The topological polar surface area (TPSA) is 134 Å². The first-order valence-electron chi connectivity index (χ1n) is 18.3. The number of likely N-dealkylation sites (N-methyl/N-ethyl adjacent to an activating group) is 1. The van der Waals surface area contributed by atoms with Crippen molar-refractivity contribution >= 4 is 51.7 Å². The number of methoxy groups -OCH3 is 2. The summed E-state index contributed by atoms with van der Waals surface area (Å²) in [5, 5.41) is 6.68. The van der Waals surface area contributed by atoms with E-state index < -0.39 is 5.97 Å². The van der Waals surface area contributed by atoms with E-state index in [0.29, 0.717) is 33.9 Å². The maximum absolute atomic E-state index is 13.9. The molecule has 6 rings (SSSR count). The van der Waals surface area contributed by atoms with E-state index in [0.717, 1.165) is 78.5 Å².